The van der Waals surface area contributed by atoms with Crippen LogP contribution in [0.4, 0.5) is 11.8 Å². The van der Waals surface area contributed by atoms with E-state index in [1.807, 2.05) is 0 Å². The molecule has 0 spiro atoms. The van der Waals surface area contributed by atoms with Gasteiger partial charge in [-0.25, -0.2) is 0 Å². The molecule has 3 rings (SSSR count). The number of rotatable bonds is 2. The molecular formula is C12H18N6. The van der Waals surface area contributed by atoms with Crippen LogP contribution in [0.25, 0.3) is 11.0 Å². The number of hydrogen-bond acceptors (Lipinski definition) is 5. The molecule has 2 atom stereocenters. The van der Waals surface area contributed by atoms with Crippen molar-refractivity contribution in [1.29, 1.82) is 0 Å². The van der Waals surface area contributed by atoms with Crippen LogP contribution in [0.3, 0.4) is 0 Å². The summed E-state index contributed by atoms with van der Waals surface area (Å²) in [4.78, 5) is 8.41. The van der Waals surface area contributed by atoms with Crippen molar-refractivity contribution in [2.24, 2.45) is 5.92 Å². The average Bonchev–Trinajstić information content (AvgIpc) is 2.80. The van der Waals surface area contributed by atoms with E-state index in [4.69, 9.17) is 5.73 Å². The number of aromatic amines is 1. The van der Waals surface area contributed by atoms with Gasteiger partial charge in [-0.05, 0) is 18.8 Å². The van der Waals surface area contributed by atoms with Gasteiger partial charge in [-0.2, -0.15) is 15.1 Å². The topological polar surface area (TPSA) is 92.5 Å². The van der Waals surface area contributed by atoms with Crippen molar-refractivity contribution in [3.05, 3.63) is 6.20 Å². The van der Waals surface area contributed by atoms with Crippen LogP contribution in [0.2, 0.25) is 0 Å². The molecule has 2 heterocycles. The van der Waals surface area contributed by atoms with E-state index in [0.717, 1.165) is 11.2 Å². The van der Waals surface area contributed by atoms with Gasteiger partial charge in [-0.15, -0.1) is 0 Å². The molecule has 6 heteroatoms. The van der Waals surface area contributed by atoms with E-state index in [0.29, 0.717) is 17.6 Å². The zero-order chi connectivity index (χ0) is 12.5. The molecule has 18 heavy (non-hydrogen) atoms. The normalized spacial score (nSPS) is 24.3. The first-order valence-electron chi connectivity index (χ1n) is 6.47. The fourth-order valence-electron chi connectivity index (χ4n) is 2.67. The second kappa shape index (κ2) is 4.44. The Morgan fingerprint density at radius 1 is 1.33 bits per heavy atom. The fourth-order valence-corrected chi connectivity index (χ4v) is 2.67. The third-order valence-corrected chi connectivity index (χ3v) is 3.76. The van der Waals surface area contributed by atoms with E-state index in [1.54, 1.807) is 6.20 Å². The second-order valence-corrected chi connectivity index (χ2v) is 5.08. The Morgan fingerprint density at radius 2 is 2.17 bits per heavy atom. The van der Waals surface area contributed by atoms with Gasteiger partial charge in [0.15, 0.2) is 5.65 Å². The predicted octanol–water partition coefficient (Wildman–Crippen LogP) is 1.93. The fraction of sp³-hybridized carbons (Fsp3) is 0.583. The minimum absolute atomic E-state index is 0.276. The first-order chi connectivity index (χ1) is 8.74. The number of fused-ring (bicyclic) bond motifs is 1. The number of aromatic nitrogens is 4. The summed E-state index contributed by atoms with van der Waals surface area (Å²) in [6.45, 7) is 2.29. The van der Waals surface area contributed by atoms with Crippen LogP contribution >= 0.6 is 0 Å². The van der Waals surface area contributed by atoms with Gasteiger partial charge < -0.3 is 11.1 Å². The molecule has 1 fully saturated rings. The standard InChI is InChI=1S/C12H18N6/c1-7-4-2-3-5-9(7)15-10-8-6-14-18-11(8)17-12(13)16-10/h6-7,9H,2-5H2,1H3,(H4,13,14,15,16,17,18). The minimum atomic E-state index is 0.276. The Morgan fingerprint density at radius 3 is 3.00 bits per heavy atom. The Labute approximate surface area is 105 Å². The second-order valence-electron chi connectivity index (χ2n) is 5.08. The lowest BCUT2D eigenvalue weighted by molar-refractivity contribution is 0.349. The van der Waals surface area contributed by atoms with Crippen molar-refractivity contribution >= 4 is 22.8 Å². The third kappa shape index (κ3) is 1.98. The highest BCUT2D eigenvalue weighted by molar-refractivity contribution is 5.86. The molecule has 4 N–H and O–H groups in total. The number of nitrogens with one attached hydrogen (secondary N) is 2. The van der Waals surface area contributed by atoms with E-state index < -0.39 is 0 Å². The van der Waals surface area contributed by atoms with E-state index in [1.165, 1.54) is 25.7 Å². The molecule has 2 unspecified atom stereocenters. The molecule has 0 saturated heterocycles. The highest BCUT2D eigenvalue weighted by atomic mass is 15.2. The molecular weight excluding hydrogens is 228 g/mol. The molecule has 1 saturated carbocycles. The van der Waals surface area contributed by atoms with E-state index in [2.05, 4.69) is 32.4 Å². The number of hydrogen-bond donors (Lipinski definition) is 3. The van der Waals surface area contributed by atoms with Crippen molar-refractivity contribution in [2.75, 3.05) is 11.1 Å². The maximum atomic E-state index is 5.71. The zero-order valence-electron chi connectivity index (χ0n) is 10.5. The maximum Gasteiger partial charge on any atom is 0.224 e. The van der Waals surface area contributed by atoms with Gasteiger partial charge in [0.05, 0.1) is 11.6 Å². The van der Waals surface area contributed by atoms with Crippen molar-refractivity contribution in [3.63, 3.8) is 0 Å². The number of nitrogens with two attached hydrogens (primary N) is 1. The van der Waals surface area contributed by atoms with Crippen LogP contribution in [0, 0.1) is 5.92 Å². The van der Waals surface area contributed by atoms with Gasteiger partial charge in [0.2, 0.25) is 5.95 Å². The minimum Gasteiger partial charge on any atom is -0.368 e. The lowest BCUT2D eigenvalue weighted by atomic mass is 9.86. The van der Waals surface area contributed by atoms with E-state index >= 15 is 0 Å². The van der Waals surface area contributed by atoms with Crippen LogP contribution in [-0.4, -0.2) is 26.2 Å². The lowest BCUT2D eigenvalue weighted by Crippen LogP contribution is -2.30. The number of anilines is 2. The Kier molecular flexibility index (Phi) is 2.77. The molecule has 0 bridgehead atoms. The Balaban J connectivity index is 1.91. The maximum absolute atomic E-state index is 5.71. The summed E-state index contributed by atoms with van der Waals surface area (Å²) in [5.74, 6) is 1.74. The van der Waals surface area contributed by atoms with E-state index in [-0.39, 0.29) is 5.95 Å². The first-order valence-corrected chi connectivity index (χ1v) is 6.47. The number of nitrogen functional groups attached to an aromatic ring is 1. The molecule has 6 nitrogen and oxygen atoms in total. The summed E-state index contributed by atoms with van der Waals surface area (Å²) < 4.78 is 0. The van der Waals surface area contributed by atoms with Crippen LogP contribution in [0.5, 0.6) is 0 Å². The smallest absolute Gasteiger partial charge is 0.224 e. The van der Waals surface area contributed by atoms with Crippen LogP contribution in [-0.2, 0) is 0 Å². The lowest BCUT2D eigenvalue weighted by Gasteiger charge is -2.30. The third-order valence-electron chi connectivity index (χ3n) is 3.76. The largest absolute Gasteiger partial charge is 0.368 e. The quantitative estimate of drug-likeness (QED) is 0.753. The van der Waals surface area contributed by atoms with E-state index in [9.17, 15) is 0 Å². The summed E-state index contributed by atoms with van der Waals surface area (Å²) in [6, 6.07) is 0.464. The van der Waals surface area contributed by atoms with Crippen molar-refractivity contribution in [3.8, 4) is 0 Å². The van der Waals surface area contributed by atoms with Gasteiger partial charge >= 0.3 is 0 Å². The number of H-pyrrole nitrogens is 1. The van der Waals surface area contributed by atoms with Crippen LogP contribution in [0.15, 0.2) is 6.20 Å². The summed E-state index contributed by atoms with van der Waals surface area (Å²) in [5, 5.41) is 11.2. The molecule has 2 aromatic rings. The molecule has 0 amide bonds. The van der Waals surface area contributed by atoms with Crippen molar-refractivity contribution in [1.82, 2.24) is 20.2 Å². The Hall–Kier alpha value is -1.85. The monoisotopic (exact) mass is 246 g/mol. The van der Waals surface area contributed by atoms with Crippen LogP contribution < -0.4 is 11.1 Å². The van der Waals surface area contributed by atoms with Gasteiger partial charge in [-0.1, -0.05) is 19.8 Å². The predicted molar refractivity (Wildman–Crippen MR) is 71.1 cm³/mol. The SMILES string of the molecule is CC1CCCCC1Nc1nc(N)nc2[nH]ncc12. The molecule has 1 aliphatic rings. The Bertz CT molecular complexity index is 548. The average molecular weight is 246 g/mol. The molecule has 0 radical (unpaired) electrons. The van der Waals surface area contributed by atoms with Gasteiger partial charge in [0.1, 0.15) is 5.82 Å². The summed E-state index contributed by atoms with van der Waals surface area (Å²) in [5.41, 5.74) is 6.40. The highest BCUT2D eigenvalue weighted by Gasteiger charge is 2.22. The molecule has 0 aliphatic heterocycles. The highest BCUT2D eigenvalue weighted by Crippen LogP contribution is 2.28. The van der Waals surface area contributed by atoms with Gasteiger partial charge in [0.25, 0.3) is 0 Å². The number of nitrogens with zero attached hydrogens (tertiary/aromatic N) is 3. The van der Waals surface area contributed by atoms with Gasteiger partial charge in [0, 0.05) is 6.04 Å². The first kappa shape index (κ1) is 11.3. The van der Waals surface area contributed by atoms with Crippen molar-refractivity contribution < 1.29 is 0 Å². The van der Waals surface area contributed by atoms with Gasteiger partial charge in [-0.3, -0.25) is 5.10 Å². The summed E-state index contributed by atoms with van der Waals surface area (Å²) in [7, 11) is 0. The molecule has 1 aliphatic carbocycles. The zero-order valence-corrected chi connectivity index (χ0v) is 10.5. The summed E-state index contributed by atoms with van der Waals surface area (Å²) >= 11 is 0. The van der Waals surface area contributed by atoms with Crippen LogP contribution in [0.1, 0.15) is 32.6 Å². The van der Waals surface area contributed by atoms with Crippen molar-refractivity contribution in [2.45, 2.75) is 38.6 Å². The molecule has 0 aromatic carbocycles. The summed E-state index contributed by atoms with van der Waals surface area (Å²) in [6.07, 6.45) is 6.80. The molecule has 2 aromatic heterocycles. The molecule has 96 valence electrons.